The van der Waals surface area contributed by atoms with E-state index in [9.17, 15) is 8.42 Å². The van der Waals surface area contributed by atoms with E-state index in [4.69, 9.17) is 4.42 Å². The van der Waals surface area contributed by atoms with Gasteiger partial charge >= 0.3 is 0 Å². The molecular formula is C18H23N3O3S3. The van der Waals surface area contributed by atoms with Crippen LogP contribution in [-0.4, -0.2) is 36.8 Å². The summed E-state index contributed by atoms with van der Waals surface area (Å²) in [5, 5.41) is 3.75. The number of thioether (sulfide) groups is 1. The number of thiazole rings is 1. The molecule has 0 amide bonds. The summed E-state index contributed by atoms with van der Waals surface area (Å²) >= 11 is 3.16. The Labute approximate surface area is 168 Å². The summed E-state index contributed by atoms with van der Waals surface area (Å²) in [5.74, 6) is 1.35. The third kappa shape index (κ3) is 4.90. The molecule has 6 nitrogen and oxygen atoms in total. The molecule has 0 atom stereocenters. The third-order valence-electron chi connectivity index (χ3n) is 4.00. The van der Waals surface area contributed by atoms with Gasteiger partial charge in [0.25, 0.3) is 5.22 Å². The Bertz CT molecular complexity index is 1020. The van der Waals surface area contributed by atoms with Gasteiger partial charge in [-0.3, -0.25) is 0 Å². The average Bonchev–Trinajstić information content (AvgIpc) is 3.23. The van der Waals surface area contributed by atoms with E-state index in [1.54, 1.807) is 29.5 Å². The van der Waals surface area contributed by atoms with Gasteiger partial charge in [0.2, 0.25) is 10.0 Å². The molecule has 3 aromatic rings. The van der Waals surface area contributed by atoms with Crippen molar-refractivity contribution >= 4 is 44.2 Å². The van der Waals surface area contributed by atoms with Crippen LogP contribution in [0.4, 0.5) is 0 Å². The molecule has 0 saturated heterocycles. The quantitative estimate of drug-likeness (QED) is 0.497. The van der Waals surface area contributed by atoms with Gasteiger partial charge in [-0.15, -0.1) is 11.3 Å². The smallest absolute Gasteiger partial charge is 0.257 e. The third-order valence-corrected chi connectivity index (χ3v) is 7.63. The molecule has 1 aromatic carbocycles. The molecule has 0 fully saturated rings. The topological polar surface area (TPSA) is 76.3 Å². The molecule has 2 aromatic heterocycles. The summed E-state index contributed by atoms with van der Waals surface area (Å²) in [6.45, 7) is 4.43. The highest BCUT2D eigenvalue weighted by molar-refractivity contribution is 7.98. The number of aryl methyl sites for hydroxylation is 1. The molecule has 0 unspecified atom stereocenters. The van der Waals surface area contributed by atoms with E-state index in [-0.39, 0.29) is 4.90 Å². The number of rotatable bonds is 8. The van der Waals surface area contributed by atoms with Crippen molar-refractivity contribution in [3.63, 3.8) is 0 Å². The Morgan fingerprint density at radius 3 is 2.74 bits per heavy atom. The molecule has 0 aliphatic rings. The van der Waals surface area contributed by atoms with Gasteiger partial charge in [-0.2, -0.15) is 0 Å². The Morgan fingerprint density at radius 1 is 1.26 bits per heavy atom. The Kier molecular flexibility index (Phi) is 6.25. The monoisotopic (exact) mass is 425 g/mol. The van der Waals surface area contributed by atoms with Gasteiger partial charge in [-0.05, 0) is 37.0 Å². The van der Waals surface area contributed by atoms with Crippen LogP contribution in [-0.2, 0) is 22.2 Å². The maximum absolute atomic E-state index is 12.2. The van der Waals surface area contributed by atoms with Gasteiger partial charge in [-0.1, -0.05) is 25.6 Å². The minimum Gasteiger partial charge on any atom is -0.431 e. The summed E-state index contributed by atoms with van der Waals surface area (Å²) < 4.78 is 31.4. The van der Waals surface area contributed by atoms with Crippen LogP contribution >= 0.6 is 23.1 Å². The van der Waals surface area contributed by atoms with Crippen LogP contribution in [0.5, 0.6) is 0 Å². The number of benzene rings is 1. The minimum atomic E-state index is -3.49. The first kappa shape index (κ1) is 20.3. The summed E-state index contributed by atoms with van der Waals surface area (Å²) in [6, 6.07) is 4.74. The fourth-order valence-corrected chi connectivity index (χ4v) is 4.97. The predicted molar refractivity (Wildman–Crippen MR) is 110 cm³/mol. The van der Waals surface area contributed by atoms with Crippen molar-refractivity contribution in [3.8, 4) is 0 Å². The molecule has 0 radical (unpaired) electrons. The van der Waals surface area contributed by atoms with Crippen LogP contribution < -0.4 is 0 Å². The molecule has 0 saturated carbocycles. The lowest BCUT2D eigenvalue weighted by molar-refractivity contribution is 0.489. The minimum absolute atomic E-state index is 0.208. The molecular weight excluding hydrogens is 402 g/mol. The largest absolute Gasteiger partial charge is 0.431 e. The fourth-order valence-electron chi connectivity index (χ4n) is 2.40. The van der Waals surface area contributed by atoms with E-state index in [0.717, 1.165) is 23.5 Å². The van der Waals surface area contributed by atoms with Gasteiger partial charge in [-0.25, -0.2) is 22.7 Å². The van der Waals surface area contributed by atoms with Crippen molar-refractivity contribution in [2.75, 3.05) is 14.1 Å². The Hall–Kier alpha value is -1.42. The second-order valence-electron chi connectivity index (χ2n) is 6.85. The molecule has 27 heavy (non-hydrogen) atoms. The van der Waals surface area contributed by atoms with Crippen molar-refractivity contribution in [1.82, 2.24) is 14.3 Å². The Morgan fingerprint density at radius 2 is 2.04 bits per heavy atom. The number of nitrogens with zero attached hydrogens (tertiary/aromatic N) is 3. The number of hydrogen-bond acceptors (Lipinski definition) is 7. The van der Waals surface area contributed by atoms with Crippen molar-refractivity contribution in [3.05, 3.63) is 34.3 Å². The summed E-state index contributed by atoms with van der Waals surface area (Å²) in [5.41, 5.74) is 2.13. The number of hydrogen-bond donors (Lipinski definition) is 0. The predicted octanol–water partition coefficient (Wildman–Crippen LogP) is 4.42. The number of sulfonamides is 1. The van der Waals surface area contributed by atoms with Crippen molar-refractivity contribution in [2.45, 2.75) is 42.6 Å². The van der Waals surface area contributed by atoms with E-state index < -0.39 is 10.0 Å². The van der Waals surface area contributed by atoms with Crippen LogP contribution in [0.2, 0.25) is 0 Å². The fraction of sp³-hybridized carbons (Fsp3) is 0.444. The average molecular weight is 426 g/mol. The second kappa shape index (κ2) is 8.30. The molecule has 3 rings (SSSR count). The van der Waals surface area contributed by atoms with Gasteiger partial charge in [0.15, 0.2) is 5.58 Å². The highest BCUT2D eigenvalue weighted by Gasteiger charge is 2.19. The lowest BCUT2D eigenvalue weighted by Crippen LogP contribution is -2.22. The van der Waals surface area contributed by atoms with Gasteiger partial charge < -0.3 is 4.42 Å². The standard InChI is InChI=1S/C18H23N3O3S3/c1-12(2)5-8-17-19-13(10-25-17)11-26-18-20-15-9-14(6-7-16(15)24-18)27(22,23)21(3)4/h6-7,9-10,12H,5,8,11H2,1-4H3. The summed E-state index contributed by atoms with van der Waals surface area (Å²) in [7, 11) is -0.473. The zero-order valence-corrected chi connectivity index (χ0v) is 18.2. The SMILES string of the molecule is CC(C)CCc1nc(CSc2nc3cc(S(=O)(=O)N(C)C)ccc3o2)cs1. The van der Waals surface area contributed by atoms with Gasteiger partial charge in [0.1, 0.15) is 5.52 Å². The maximum atomic E-state index is 12.2. The first-order chi connectivity index (χ1) is 12.8. The van der Waals surface area contributed by atoms with Gasteiger partial charge in [0, 0.05) is 25.2 Å². The molecule has 146 valence electrons. The Balaban J connectivity index is 1.69. The van der Waals surface area contributed by atoms with E-state index in [1.165, 1.54) is 30.2 Å². The number of fused-ring (bicyclic) bond motifs is 1. The van der Waals surface area contributed by atoms with Crippen LogP contribution in [0, 0.1) is 5.92 Å². The maximum Gasteiger partial charge on any atom is 0.257 e. The van der Waals surface area contributed by atoms with E-state index in [0.29, 0.717) is 28.0 Å². The molecule has 9 heteroatoms. The first-order valence-electron chi connectivity index (χ1n) is 8.65. The molecule has 0 bridgehead atoms. The number of oxazole rings is 1. The van der Waals surface area contributed by atoms with E-state index >= 15 is 0 Å². The lowest BCUT2D eigenvalue weighted by atomic mass is 10.1. The zero-order chi connectivity index (χ0) is 19.6. The first-order valence-corrected chi connectivity index (χ1v) is 12.0. The zero-order valence-electron chi connectivity index (χ0n) is 15.8. The highest BCUT2D eigenvalue weighted by atomic mass is 32.2. The van der Waals surface area contributed by atoms with Crippen molar-refractivity contribution in [2.24, 2.45) is 5.92 Å². The highest BCUT2D eigenvalue weighted by Crippen LogP contribution is 2.28. The summed E-state index contributed by atoms with van der Waals surface area (Å²) in [6.07, 6.45) is 2.16. The second-order valence-corrected chi connectivity index (χ2v) is 10.9. The normalized spacial score (nSPS) is 12.5. The molecule has 0 aliphatic carbocycles. The molecule has 0 spiro atoms. The summed E-state index contributed by atoms with van der Waals surface area (Å²) in [4.78, 5) is 9.28. The van der Waals surface area contributed by atoms with E-state index in [1.807, 2.05) is 0 Å². The lowest BCUT2D eigenvalue weighted by Gasteiger charge is -2.10. The van der Waals surface area contributed by atoms with Crippen LogP contribution in [0.3, 0.4) is 0 Å². The molecule has 0 N–H and O–H groups in total. The van der Waals surface area contributed by atoms with E-state index in [2.05, 4.69) is 29.2 Å². The molecule has 0 aliphatic heterocycles. The van der Waals surface area contributed by atoms with Crippen LogP contribution in [0.25, 0.3) is 11.1 Å². The van der Waals surface area contributed by atoms with Crippen molar-refractivity contribution < 1.29 is 12.8 Å². The van der Waals surface area contributed by atoms with Crippen LogP contribution in [0.15, 0.2) is 38.1 Å². The number of aromatic nitrogens is 2. The van der Waals surface area contributed by atoms with Crippen molar-refractivity contribution in [1.29, 1.82) is 0 Å². The van der Waals surface area contributed by atoms with Crippen LogP contribution in [0.1, 0.15) is 31.0 Å². The molecule has 2 heterocycles. The van der Waals surface area contributed by atoms with Gasteiger partial charge in [0.05, 0.1) is 15.6 Å².